The van der Waals surface area contributed by atoms with Crippen molar-refractivity contribution in [2.45, 2.75) is 52.6 Å². The molecule has 0 fully saturated rings. The SMILES string of the molecule is CC(=O)O[C@@H](C(C)=O)[C@@H](OC(C)=O)C(=O)O[C@@H](C)C(=O)OCc1ccccc1. The van der Waals surface area contributed by atoms with Crippen molar-refractivity contribution in [2.75, 3.05) is 0 Å². The maximum absolute atomic E-state index is 12.3. The topological polar surface area (TPSA) is 122 Å². The predicted molar refractivity (Wildman–Crippen MR) is 93.6 cm³/mol. The fraction of sp³-hybridized carbons (Fsp3) is 0.421. The van der Waals surface area contributed by atoms with Crippen LogP contribution in [0.1, 0.15) is 33.3 Å². The molecule has 9 heteroatoms. The molecule has 0 aliphatic rings. The van der Waals surface area contributed by atoms with E-state index in [9.17, 15) is 24.0 Å². The predicted octanol–water partition coefficient (Wildman–Crippen LogP) is 1.11. The summed E-state index contributed by atoms with van der Waals surface area (Å²) in [4.78, 5) is 58.5. The summed E-state index contributed by atoms with van der Waals surface area (Å²) < 4.78 is 19.5. The van der Waals surface area contributed by atoms with E-state index in [4.69, 9.17) is 18.9 Å². The number of carbonyl (C=O) groups excluding carboxylic acids is 5. The van der Waals surface area contributed by atoms with Gasteiger partial charge in [0, 0.05) is 13.8 Å². The number of hydrogen-bond donors (Lipinski definition) is 0. The van der Waals surface area contributed by atoms with Crippen LogP contribution in [0.25, 0.3) is 0 Å². The normalized spacial score (nSPS) is 13.4. The minimum Gasteiger partial charge on any atom is -0.458 e. The molecule has 0 aliphatic carbocycles. The quantitative estimate of drug-likeness (QED) is 0.448. The van der Waals surface area contributed by atoms with Crippen LogP contribution in [0.15, 0.2) is 30.3 Å². The molecule has 152 valence electrons. The van der Waals surface area contributed by atoms with E-state index in [0.29, 0.717) is 0 Å². The average molecular weight is 394 g/mol. The number of rotatable bonds is 9. The number of carbonyl (C=O) groups is 5. The van der Waals surface area contributed by atoms with Crippen LogP contribution in [0.5, 0.6) is 0 Å². The highest BCUT2D eigenvalue weighted by Crippen LogP contribution is 2.12. The molecule has 0 saturated carbocycles. The van der Waals surface area contributed by atoms with Crippen molar-refractivity contribution in [3.63, 3.8) is 0 Å². The minimum atomic E-state index is -1.84. The van der Waals surface area contributed by atoms with Crippen molar-refractivity contribution in [1.82, 2.24) is 0 Å². The van der Waals surface area contributed by atoms with Gasteiger partial charge >= 0.3 is 23.9 Å². The Bertz CT molecular complexity index is 726. The highest BCUT2D eigenvalue weighted by Gasteiger charge is 2.40. The van der Waals surface area contributed by atoms with Crippen molar-refractivity contribution in [3.05, 3.63) is 35.9 Å². The van der Waals surface area contributed by atoms with Gasteiger partial charge in [-0.25, -0.2) is 9.59 Å². The number of ether oxygens (including phenoxy) is 4. The summed E-state index contributed by atoms with van der Waals surface area (Å²) in [6.45, 7) is 4.30. The first-order chi connectivity index (χ1) is 13.1. The Morgan fingerprint density at radius 2 is 1.32 bits per heavy atom. The van der Waals surface area contributed by atoms with Crippen LogP contribution in [0.3, 0.4) is 0 Å². The van der Waals surface area contributed by atoms with Crippen LogP contribution in [-0.4, -0.2) is 48.0 Å². The van der Waals surface area contributed by atoms with E-state index in [2.05, 4.69) is 0 Å². The van der Waals surface area contributed by atoms with Gasteiger partial charge < -0.3 is 18.9 Å². The summed E-state index contributed by atoms with van der Waals surface area (Å²) in [5.74, 6) is -4.57. The molecule has 0 spiro atoms. The Kier molecular flexibility index (Phi) is 8.80. The van der Waals surface area contributed by atoms with E-state index in [0.717, 1.165) is 26.3 Å². The maximum atomic E-state index is 12.3. The van der Waals surface area contributed by atoms with Gasteiger partial charge in [0.1, 0.15) is 6.61 Å². The fourth-order valence-electron chi connectivity index (χ4n) is 2.08. The zero-order chi connectivity index (χ0) is 21.3. The van der Waals surface area contributed by atoms with Crippen molar-refractivity contribution in [2.24, 2.45) is 0 Å². The molecule has 0 radical (unpaired) electrons. The van der Waals surface area contributed by atoms with E-state index >= 15 is 0 Å². The van der Waals surface area contributed by atoms with E-state index in [1.54, 1.807) is 30.3 Å². The summed E-state index contributed by atoms with van der Waals surface area (Å²) in [5.41, 5.74) is 0.735. The van der Waals surface area contributed by atoms with Gasteiger partial charge in [-0.1, -0.05) is 30.3 Å². The molecule has 0 N–H and O–H groups in total. The second kappa shape index (κ2) is 10.8. The van der Waals surface area contributed by atoms with E-state index in [-0.39, 0.29) is 6.61 Å². The molecule has 0 heterocycles. The molecule has 28 heavy (non-hydrogen) atoms. The van der Waals surface area contributed by atoms with E-state index in [1.807, 2.05) is 0 Å². The number of benzene rings is 1. The maximum Gasteiger partial charge on any atom is 0.352 e. The summed E-state index contributed by atoms with van der Waals surface area (Å²) in [7, 11) is 0. The lowest BCUT2D eigenvalue weighted by Crippen LogP contribution is -2.46. The molecule has 1 rings (SSSR count). The van der Waals surface area contributed by atoms with Gasteiger partial charge in [0.15, 0.2) is 11.9 Å². The first kappa shape index (κ1) is 22.8. The highest BCUT2D eigenvalue weighted by molar-refractivity contribution is 5.92. The van der Waals surface area contributed by atoms with E-state index in [1.165, 1.54) is 6.92 Å². The Morgan fingerprint density at radius 1 is 0.786 bits per heavy atom. The zero-order valence-electron chi connectivity index (χ0n) is 16.0. The lowest BCUT2D eigenvalue weighted by atomic mass is 10.1. The minimum absolute atomic E-state index is 0.0293. The number of ketones is 1. The van der Waals surface area contributed by atoms with Crippen molar-refractivity contribution < 1.29 is 42.9 Å². The third kappa shape index (κ3) is 7.56. The van der Waals surface area contributed by atoms with E-state index < -0.39 is 48.0 Å². The molecule has 0 aromatic heterocycles. The van der Waals surface area contributed by atoms with Gasteiger partial charge in [-0.3, -0.25) is 14.4 Å². The van der Waals surface area contributed by atoms with Gasteiger partial charge in [-0.05, 0) is 19.4 Å². The third-order valence-corrected chi connectivity index (χ3v) is 3.34. The van der Waals surface area contributed by atoms with Gasteiger partial charge in [0.05, 0.1) is 0 Å². The largest absolute Gasteiger partial charge is 0.458 e. The van der Waals surface area contributed by atoms with Gasteiger partial charge in [-0.2, -0.15) is 0 Å². The molecule has 0 aliphatic heterocycles. The fourth-order valence-corrected chi connectivity index (χ4v) is 2.08. The molecular weight excluding hydrogens is 372 g/mol. The molecule has 0 saturated heterocycles. The standard InChI is InChI=1S/C19H22O9/c1-11(20)16(27-13(3)21)17(28-14(4)22)19(24)26-12(2)18(23)25-10-15-8-6-5-7-9-15/h5-9,12,16-17H,10H2,1-4H3/t12-,16-,17+/m0/s1. The highest BCUT2D eigenvalue weighted by atomic mass is 16.6. The zero-order valence-corrected chi connectivity index (χ0v) is 16.0. The van der Waals surface area contributed by atoms with Crippen LogP contribution in [0.2, 0.25) is 0 Å². The lowest BCUT2D eigenvalue weighted by molar-refractivity contribution is -0.188. The Hall–Kier alpha value is -3.23. The van der Waals surface area contributed by atoms with Gasteiger partial charge in [0.2, 0.25) is 12.2 Å². The Labute approximate surface area is 161 Å². The molecule has 0 amide bonds. The third-order valence-electron chi connectivity index (χ3n) is 3.34. The summed E-state index contributed by atoms with van der Waals surface area (Å²) in [6, 6.07) is 8.84. The first-order valence-corrected chi connectivity index (χ1v) is 8.37. The van der Waals surface area contributed by atoms with Crippen molar-refractivity contribution in [1.29, 1.82) is 0 Å². The molecule has 9 nitrogen and oxygen atoms in total. The molecule has 0 bridgehead atoms. The second-order valence-electron chi connectivity index (χ2n) is 5.84. The monoisotopic (exact) mass is 394 g/mol. The molecule has 1 aromatic rings. The van der Waals surface area contributed by atoms with Crippen LogP contribution in [-0.2, 0) is 49.5 Å². The number of esters is 4. The van der Waals surface area contributed by atoms with Crippen molar-refractivity contribution >= 4 is 29.7 Å². The average Bonchev–Trinajstić information content (AvgIpc) is 2.62. The Balaban J connectivity index is 2.78. The summed E-state index contributed by atoms with van der Waals surface area (Å²) in [5, 5.41) is 0. The smallest absolute Gasteiger partial charge is 0.352 e. The van der Waals surface area contributed by atoms with Crippen LogP contribution >= 0.6 is 0 Å². The molecule has 1 aromatic carbocycles. The van der Waals surface area contributed by atoms with Crippen LogP contribution < -0.4 is 0 Å². The number of Topliss-reactive ketones (excluding diaryl/α,β-unsaturated/α-hetero) is 1. The van der Waals surface area contributed by atoms with Gasteiger partial charge in [0.25, 0.3) is 0 Å². The molecule has 0 unspecified atom stereocenters. The molecule has 3 atom stereocenters. The second-order valence-corrected chi connectivity index (χ2v) is 5.84. The summed E-state index contributed by atoms with van der Waals surface area (Å²) >= 11 is 0. The number of hydrogen-bond acceptors (Lipinski definition) is 9. The van der Waals surface area contributed by atoms with Gasteiger partial charge in [-0.15, -0.1) is 0 Å². The lowest BCUT2D eigenvalue weighted by Gasteiger charge is -2.24. The Morgan fingerprint density at radius 3 is 1.82 bits per heavy atom. The van der Waals surface area contributed by atoms with Crippen molar-refractivity contribution in [3.8, 4) is 0 Å². The first-order valence-electron chi connectivity index (χ1n) is 8.37. The van der Waals surface area contributed by atoms with Crippen LogP contribution in [0, 0.1) is 0 Å². The summed E-state index contributed by atoms with van der Waals surface area (Å²) in [6.07, 6.45) is -4.89. The molecular formula is C19H22O9. The van der Waals surface area contributed by atoms with Crippen LogP contribution in [0.4, 0.5) is 0 Å².